The van der Waals surface area contributed by atoms with Crippen LogP contribution in [0, 0.1) is 0 Å². The Morgan fingerprint density at radius 3 is 2.75 bits per heavy atom. The van der Waals surface area contributed by atoms with E-state index < -0.39 is 6.09 Å². The summed E-state index contributed by atoms with van der Waals surface area (Å²) >= 11 is 0. The summed E-state index contributed by atoms with van der Waals surface area (Å²) in [6.07, 6.45) is -0.537. The second-order valence-electron chi connectivity index (χ2n) is 4.75. The van der Waals surface area contributed by atoms with Crippen LogP contribution in [0.4, 0.5) is 22.1 Å². The van der Waals surface area contributed by atoms with Crippen LogP contribution in [0.1, 0.15) is 12.5 Å². The van der Waals surface area contributed by atoms with Crippen LogP contribution < -0.4 is 38.5 Å². The van der Waals surface area contributed by atoms with Crippen molar-refractivity contribution in [3.05, 3.63) is 42.0 Å². The van der Waals surface area contributed by atoms with E-state index in [1.807, 2.05) is 24.3 Å². The van der Waals surface area contributed by atoms with Crippen molar-refractivity contribution in [3.8, 4) is 5.75 Å². The van der Waals surface area contributed by atoms with E-state index in [0.29, 0.717) is 24.7 Å². The first-order valence-electron chi connectivity index (χ1n) is 7.24. The van der Waals surface area contributed by atoms with E-state index in [0.717, 1.165) is 17.1 Å². The Balaban J connectivity index is 0.00000288. The molecule has 0 saturated carbocycles. The number of hydrogen-bond acceptors (Lipinski definition) is 5. The number of hydrogen-bond donors (Lipinski definition) is 3. The summed E-state index contributed by atoms with van der Waals surface area (Å²) in [4.78, 5) is 14.4. The molecule has 8 heteroatoms. The molecule has 0 unspecified atom stereocenters. The maximum Gasteiger partial charge on any atom is 0.411 e. The zero-order valence-corrected chi connectivity index (χ0v) is 14.3. The molecule has 24 heavy (non-hydrogen) atoms. The Bertz CT molecular complexity index is 682. The first-order valence-corrected chi connectivity index (χ1v) is 7.24. The van der Waals surface area contributed by atoms with Gasteiger partial charge < -0.3 is 32.9 Å². The summed E-state index contributed by atoms with van der Waals surface area (Å²) in [5.41, 5.74) is 7.44. The molecule has 1 aromatic heterocycles. The van der Waals surface area contributed by atoms with Crippen LogP contribution in [0.2, 0.25) is 0 Å². The van der Waals surface area contributed by atoms with Gasteiger partial charge in [-0.1, -0.05) is 12.1 Å². The number of amides is 1. The SMILES string of the molecule is CCOC(=O)Nc1ccc(NCc2cccc(OC)c2)[nH+]c1N.[Cl-]. The van der Waals surface area contributed by atoms with Crippen LogP contribution in [0.3, 0.4) is 0 Å². The number of ether oxygens (including phenoxy) is 2. The third kappa shape index (κ3) is 5.51. The number of benzene rings is 1. The van der Waals surface area contributed by atoms with E-state index in [1.165, 1.54) is 0 Å². The summed E-state index contributed by atoms with van der Waals surface area (Å²) in [6, 6.07) is 11.3. The molecule has 0 aliphatic carbocycles. The Labute approximate surface area is 147 Å². The smallest absolute Gasteiger partial charge is 0.411 e. The predicted molar refractivity (Wildman–Crippen MR) is 88.4 cm³/mol. The van der Waals surface area contributed by atoms with Crippen LogP contribution in [0.25, 0.3) is 0 Å². The molecule has 0 spiro atoms. The molecular formula is C16H21ClN4O3. The number of aromatic amines is 1. The molecule has 1 heterocycles. The van der Waals surface area contributed by atoms with Crippen molar-refractivity contribution in [1.29, 1.82) is 0 Å². The normalized spacial score (nSPS) is 9.58. The third-order valence-corrected chi connectivity index (χ3v) is 3.11. The number of nitrogens with two attached hydrogens (primary N) is 1. The van der Waals surface area contributed by atoms with Gasteiger partial charge in [0.15, 0.2) is 0 Å². The lowest BCUT2D eigenvalue weighted by Crippen LogP contribution is -3.00. The van der Waals surface area contributed by atoms with Gasteiger partial charge in [0.1, 0.15) is 11.4 Å². The van der Waals surface area contributed by atoms with Crippen LogP contribution in [-0.4, -0.2) is 19.8 Å². The molecule has 0 aliphatic rings. The number of nitrogen functional groups attached to an aromatic ring is 1. The topological polar surface area (TPSA) is 99.8 Å². The van der Waals surface area contributed by atoms with Crippen LogP contribution in [-0.2, 0) is 11.3 Å². The van der Waals surface area contributed by atoms with Gasteiger partial charge in [-0.05, 0) is 30.7 Å². The van der Waals surface area contributed by atoms with Gasteiger partial charge in [-0.3, -0.25) is 5.32 Å². The Hall–Kier alpha value is -2.67. The molecule has 1 amide bonds. The van der Waals surface area contributed by atoms with Gasteiger partial charge in [0.25, 0.3) is 0 Å². The number of halogens is 1. The largest absolute Gasteiger partial charge is 1.00 e. The summed E-state index contributed by atoms with van der Waals surface area (Å²) in [7, 11) is 1.64. The van der Waals surface area contributed by atoms with E-state index in [4.69, 9.17) is 15.2 Å². The second-order valence-corrected chi connectivity index (χ2v) is 4.75. The Kier molecular flexibility index (Phi) is 7.64. The van der Waals surface area contributed by atoms with Crippen molar-refractivity contribution < 1.29 is 31.7 Å². The first kappa shape index (κ1) is 19.4. The number of rotatable bonds is 6. The zero-order valence-electron chi connectivity index (χ0n) is 13.6. The number of H-pyrrole nitrogens is 1. The number of carbonyl (C=O) groups is 1. The highest BCUT2D eigenvalue weighted by molar-refractivity contribution is 5.87. The fourth-order valence-corrected chi connectivity index (χ4v) is 1.98. The highest BCUT2D eigenvalue weighted by Crippen LogP contribution is 2.16. The molecule has 0 atom stereocenters. The molecule has 5 N–H and O–H groups in total. The highest BCUT2D eigenvalue weighted by atomic mass is 35.5. The quantitative estimate of drug-likeness (QED) is 0.637. The predicted octanol–water partition coefficient (Wildman–Crippen LogP) is -0.724. The molecule has 0 saturated heterocycles. The first-order chi connectivity index (χ1) is 11.1. The lowest BCUT2D eigenvalue weighted by Gasteiger charge is -2.08. The van der Waals surface area contributed by atoms with Crippen molar-refractivity contribution in [3.63, 3.8) is 0 Å². The zero-order chi connectivity index (χ0) is 16.7. The minimum atomic E-state index is -0.537. The van der Waals surface area contributed by atoms with Crippen molar-refractivity contribution >= 4 is 23.4 Å². The summed E-state index contributed by atoms with van der Waals surface area (Å²) in [5.74, 6) is 1.88. The molecule has 0 bridgehead atoms. The Morgan fingerprint density at radius 1 is 1.29 bits per heavy atom. The van der Waals surface area contributed by atoms with Gasteiger partial charge in [-0.2, -0.15) is 0 Å². The van der Waals surface area contributed by atoms with Crippen molar-refractivity contribution in [2.45, 2.75) is 13.5 Å². The van der Waals surface area contributed by atoms with E-state index in [9.17, 15) is 4.79 Å². The Morgan fingerprint density at radius 2 is 2.08 bits per heavy atom. The molecule has 0 radical (unpaired) electrons. The summed E-state index contributed by atoms with van der Waals surface area (Å²) < 4.78 is 10.0. The fourth-order valence-electron chi connectivity index (χ4n) is 1.98. The van der Waals surface area contributed by atoms with Crippen LogP contribution in [0.15, 0.2) is 36.4 Å². The minimum absolute atomic E-state index is 0. The third-order valence-electron chi connectivity index (χ3n) is 3.11. The van der Waals surface area contributed by atoms with Gasteiger partial charge in [-0.25, -0.2) is 9.78 Å². The molecule has 130 valence electrons. The number of methoxy groups -OCH3 is 1. The summed E-state index contributed by atoms with van der Waals surface area (Å²) in [6.45, 7) is 2.65. The number of pyridine rings is 1. The van der Waals surface area contributed by atoms with Crippen molar-refractivity contribution in [2.24, 2.45) is 0 Å². The molecule has 2 rings (SSSR count). The van der Waals surface area contributed by atoms with Crippen LogP contribution >= 0.6 is 0 Å². The average molecular weight is 353 g/mol. The van der Waals surface area contributed by atoms with Crippen LogP contribution in [0.5, 0.6) is 5.75 Å². The molecule has 2 aromatic rings. The molecule has 0 fully saturated rings. The number of nitrogens with one attached hydrogen (secondary N) is 3. The number of aromatic nitrogens is 1. The van der Waals surface area contributed by atoms with Gasteiger partial charge in [0, 0.05) is 6.07 Å². The number of anilines is 3. The highest BCUT2D eigenvalue weighted by Gasteiger charge is 2.10. The lowest BCUT2D eigenvalue weighted by atomic mass is 10.2. The molecule has 0 aliphatic heterocycles. The van der Waals surface area contributed by atoms with E-state index in [1.54, 1.807) is 26.2 Å². The van der Waals surface area contributed by atoms with Gasteiger partial charge in [0.2, 0.25) is 11.6 Å². The standard InChI is InChI=1S/C16H20N4O3.ClH/c1-3-23-16(21)19-13-7-8-14(20-15(13)17)18-10-11-5-4-6-12(9-11)22-2;/h4-9H,3,10H2,1-2H3,(H,19,21)(H3,17,18,20);1H. The fraction of sp³-hybridized carbons (Fsp3) is 0.250. The summed E-state index contributed by atoms with van der Waals surface area (Å²) in [5, 5.41) is 5.79. The number of carbonyl (C=O) groups excluding carboxylic acids is 1. The maximum atomic E-state index is 11.4. The molecular weight excluding hydrogens is 332 g/mol. The van der Waals surface area contributed by atoms with E-state index >= 15 is 0 Å². The van der Waals surface area contributed by atoms with Gasteiger partial charge >= 0.3 is 6.09 Å². The average Bonchev–Trinajstić information content (AvgIpc) is 2.55. The molecule has 7 nitrogen and oxygen atoms in total. The van der Waals surface area contributed by atoms with E-state index in [-0.39, 0.29) is 12.4 Å². The van der Waals surface area contributed by atoms with E-state index in [2.05, 4.69) is 15.6 Å². The van der Waals surface area contributed by atoms with Gasteiger partial charge in [0.05, 0.1) is 20.3 Å². The molecule has 1 aromatic carbocycles. The van der Waals surface area contributed by atoms with Crippen molar-refractivity contribution in [2.75, 3.05) is 30.1 Å². The van der Waals surface area contributed by atoms with Gasteiger partial charge in [-0.15, -0.1) is 0 Å². The van der Waals surface area contributed by atoms with Crippen molar-refractivity contribution in [1.82, 2.24) is 0 Å². The lowest BCUT2D eigenvalue weighted by molar-refractivity contribution is -0.342. The maximum absolute atomic E-state index is 11.4. The monoisotopic (exact) mass is 352 g/mol. The second kappa shape index (κ2) is 9.46. The minimum Gasteiger partial charge on any atom is -1.00 e.